The quantitative estimate of drug-likeness (QED) is 0.767. The zero-order valence-electron chi connectivity index (χ0n) is 10.1. The zero-order chi connectivity index (χ0) is 13.2. The van der Waals surface area contributed by atoms with Crippen molar-refractivity contribution in [1.29, 1.82) is 0 Å². The molecule has 0 aromatic heterocycles. The lowest BCUT2D eigenvalue weighted by atomic mass is 10.1. The maximum atomic E-state index is 12.1. The Labute approximate surface area is 109 Å². The van der Waals surface area contributed by atoms with Crippen LogP contribution in [0.25, 0.3) is 0 Å². The van der Waals surface area contributed by atoms with Crippen molar-refractivity contribution in [1.82, 2.24) is 0 Å². The third-order valence-corrected chi connectivity index (χ3v) is 3.62. The van der Waals surface area contributed by atoms with Crippen LogP contribution in [0.15, 0.2) is 29.2 Å². The fourth-order valence-electron chi connectivity index (χ4n) is 1.95. The number of rotatable bonds is 5. The summed E-state index contributed by atoms with van der Waals surface area (Å²) in [5.74, 6) is 0.840. The van der Waals surface area contributed by atoms with E-state index in [0.717, 1.165) is 18.0 Å². The average molecular weight is 275 g/mol. The van der Waals surface area contributed by atoms with E-state index in [2.05, 4.69) is 12.2 Å². The Morgan fingerprint density at radius 1 is 1.28 bits per heavy atom. The average Bonchev–Trinajstić information content (AvgIpc) is 3.02. The lowest BCUT2D eigenvalue weighted by Crippen LogP contribution is -2.15. The molecule has 1 aliphatic rings. The van der Waals surface area contributed by atoms with Crippen LogP contribution in [-0.4, -0.2) is 11.6 Å². The highest BCUT2D eigenvalue weighted by Gasteiger charge is 2.29. The van der Waals surface area contributed by atoms with Gasteiger partial charge < -0.3 is 5.32 Å². The summed E-state index contributed by atoms with van der Waals surface area (Å²) in [4.78, 5) is 0.225. The Hall–Kier alpha value is -0.840. The van der Waals surface area contributed by atoms with Gasteiger partial charge in [0, 0.05) is 16.6 Å². The predicted molar refractivity (Wildman–Crippen MR) is 68.8 cm³/mol. The second-order valence-electron chi connectivity index (χ2n) is 4.80. The van der Waals surface area contributed by atoms with Crippen molar-refractivity contribution in [2.45, 2.75) is 42.6 Å². The second kappa shape index (κ2) is 5.43. The van der Waals surface area contributed by atoms with E-state index in [1.807, 2.05) is 0 Å². The summed E-state index contributed by atoms with van der Waals surface area (Å²) < 4.78 is 36.4. The van der Waals surface area contributed by atoms with Crippen LogP contribution in [0.2, 0.25) is 0 Å². The number of hydrogen-bond donors (Lipinski definition) is 1. The molecule has 1 unspecified atom stereocenters. The van der Waals surface area contributed by atoms with Gasteiger partial charge in [0.1, 0.15) is 0 Å². The van der Waals surface area contributed by atoms with E-state index < -0.39 is 5.51 Å². The Balaban J connectivity index is 1.86. The van der Waals surface area contributed by atoms with Gasteiger partial charge in [0.15, 0.2) is 0 Å². The van der Waals surface area contributed by atoms with E-state index in [1.54, 1.807) is 12.1 Å². The molecule has 1 nitrogen and oxygen atoms in total. The van der Waals surface area contributed by atoms with Crippen LogP contribution in [0, 0.1) is 5.92 Å². The molecule has 0 saturated heterocycles. The van der Waals surface area contributed by atoms with Gasteiger partial charge in [-0.1, -0.05) is 12.8 Å². The molecule has 18 heavy (non-hydrogen) atoms. The lowest BCUT2D eigenvalue weighted by Gasteiger charge is -2.15. The maximum absolute atomic E-state index is 12.1. The molecule has 1 N–H and O–H groups in total. The molecular formula is C13H16F3NS. The van der Waals surface area contributed by atoms with Gasteiger partial charge in [-0.3, -0.25) is 0 Å². The van der Waals surface area contributed by atoms with Crippen LogP contribution in [0.3, 0.4) is 0 Å². The standard InChI is InChI=1S/C13H16F3NS/c1-9(8-10-2-3-10)17-11-4-6-12(7-5-11)18-13(14,15)16/h4-7,9-10,17H,2-3,8H2,1H3. The summed E-state index contributed by atoms with van der Waals surface area (Å²) in [5.41, 5.74) is -3.33. The van der Waals surface area contributed by atoms with E-state index in [-0.39, 0.29) is 16.7 Å². The van der Waals surface area contributed by atoms with Gasteiger partial charge in [-0.05, 0) is 55.3 Å². The summed E-state index contributed by atoms with van der Waals surface area (Å²) >= 11 is -0.0788. The molecule has 0 bridgehead atoms. The second-order valence-corrected chi connectivity index (χ2v) is 5.94. The van der Waals surface area contributed by atoms with Crippen molar-refractivity contribution in [3.63, 3.8) is 0 Å². The minimum Gasteiger partial charge on any atom is -0.383 e. The monoisotopic (exact) mass is 275 g/mol. The molecule has 1 aromatic carbocycles. The third kappa shape index (κ3) is 4.80. The first-order valence-corrected chi connectivity index (χ1v) is 6.86. The Kier molecular flexibility index (Phi) is 4.10. The van der Waals surface area contributed by atoms with Crippen molar-refractivity contribution in [3.8, 4) is 0 Å². The van der Waals surface area contributed by atoms with Crippen LogP contribution < -0.4 is 5.32 Å². The van der Waals surface area contributed by atoms with Crippen LogP contribution in [0.4, 0.5) is 18.9 Å². The predicted octanol–water partition coefficient (Wildman–Crippen LogP) is 4.90. The van der Waals surface area contributed by atoms with Crippen LogP contribution in [0.5, 0.6) is 0 Å². The topological polar surface area (TPSA) is 12.0 Å². The summed E-state index contributed by atoms with van der Waals surface area (Å²) in [6.07, 6.45) is 3.76. The number of alkyl halides is 3. The summed E-state index contributed by atoms with van der Waals surface area (Å²) in [7, 11) is 0. The highest BCUT2D eigenvalue weighted by Crippen LogP contribution is 2.37. The minimum atomic E-state index is -4.21. The first-order valence-electron chi connectivity index (χ1n) is 6.05. The molecular weight excluding hydrogens is 259 g/mol. The Bertz CT molecular complexity index is 384. The maximum Gasteiger partial charge on any atom is 0.446 e. The van der Waals surface area contributed by atoms with E-state index in [9.17, 15) is 13.2 Å². The van der Waals surface area contributed by atoms with Crippen molar-refractivity contribution >= 4 is 17.4 Å². The molecule has 1 saturated carbocycles. The van der Waals surface area contributed by atoms with Gasteiger partial charge in [0.2, 0.25) is 0 Å². The number of thioether (sulfide) groups is 1. The molecule has 1 atom stereocenters. The number of hydrogen-bond acceptors (Lipinski definition) is 2. The van der Waals surface area contributed by atoms with E-state index >= 15 is 0 Å². The molecule has 1 fully saturated rings. The molecule has 100 valence electrons. The fourth-order valence-corrected chi connectivity index (χ4v) is 2.49. The molecule has 0 radical (unpaired) electrons. The highest BCUT2D eigenvalue weighted by atomic mass is 32.2. The third-order valence-electron chi connectivity index (χ3n) is 2.88. The van der Waals surface area contributed by atoms with Crippen molar-refractivity contribution in [2.75, 3.05) is 5.32 Å². The van der Waals surface area contributed by atoms with Crippen LogP contribution >= 0.6 is 11.8 Å². The van der Waals surface area contributed by atoms with Gasteiger partial charge in [-0.25, -0.2) is 0 Å². The minimum absolute atomic E-state index is 0.0788. The van der Waals surface area contributed by atoms with E-state index in [1.165, 1.54) is 25.0 Å². The summed E-state index contributed by atoms with van der Waals surface area (Å²) in [6.45, 7) is 2.11. The first kappa shape index (κ1) is 13.6. The molecule has 0 amide bonds. The van der Waals surface area contributed by atoms with Gasteiger partial charge >= 0.3 is 5.51 Å². The highest BCUT2D eigenvalue weighted by molar-refractivity contribution is 8.00. The lowest BCUT2D eigenvalue weighted by molar-refractivity contribution is -0.0328. The molecule has 0 spiro atoms. The van der Waals surface area contributed by atoms with Crippen LogP contribution in [0.1, 0.15) is 26.2 Å². The molecule has 0 aliphatic heterocycles. The Morgan fingerprint density at radius 2 is 1.89 bits per heavy atom. The van der Waals surface area contributed by atoms with Gasteiger partial charge in [0.25, 0.3) is 0 Å². The van der Waals surface area contributed by atoms with E-state index in [4.69, 9.17) is 0 Å². The largest absolute Gasteiger partial charge is 0.446 e. The summed E-state index contributed by atoms with van der Waals surface area (Å²) in [6, 6.07) is 6.79. The molecule has 0 heterocycles. The normalized spacial score (nSPS) is 17.6. The number of halogens is 3. The molecule has 1 aliphatic carbocycles. The fraction of sp³-hybridized carbons (Fsp3) is 0.538. The number of nitrogens with one attached hydrogen (secondary N) is 1. The SMILES string of the molecule is CC(CC1CC1)Nc1ccc(SC(F)(F)F)cc1. The summed E-state index contributed by atoms with van der Waals surface area (Å²) in [5, 5.41) is 3.31. The van der Waals surface area contributed by atoms with Crippen molar-refractivity contribution < 1.29 is 13.2 Å². The number of benzene rings is 1. The van der Waals surface area contributed by atoms with Crippen LogP contribution in [-0.2, 0) is 0 Å². The number of anilines is 1. The smallest absolute Gasteiger partial charge is 0.383 e. The van der Waals surface area contributed by atoms with Gasteiger partial charge in [-0.15, -0.1) is 0 Å². The van der Waals surface area contributed by atoms with Gasteiger partial charge in [-0.2, -0.15) is 13.2 Å². The van der Waals surface area contributed by atoms with E-state index in [0.29, 0.717) is 6.04 Å². The zero-order valence-corrected chi connectivity index (χ0v) is 10.9. The Morgan fingerprint density at radius 3 is 2.39 bits per heavy atom. The van der Waals surface area contributed by atoms with Gasteiger partial charge in [0.05, 0.1) is 0 Å². The van der Waals surface area contributed by atoms with Crippen molar-refractivity contribution in [2.24, 2.45) is 5.92 Å². The molecule has 5 heteroatoms. The molecule has 2 rings (SSSR count). The molecule has 1 aromatic rings. The van der Waals surface area contributed by atoms with Crippen molar-refractivity contribution in [3.05, 3.63) is 24.3 Å². The first-order chi connectivity index (χ1) is 8.42.